The highest BCUT2D eigenvalue weighted by Gasteiger charge is 2.23. The largest absolute Gasteiger partial charge is 0.437 e. The molecule has 166 valence electrons. The van der Waals surface area contributed by atoms with Gasteiger partial charge in [-0.1, -0.05) is 12.1 Å². The highest BCUT2D eigenvalue weighted by atomic mass is 79.9. The number of carbonyl (C=O) groups excluding carboxylic acids is 1. The summed E-state index contributed by atoms with van der Waals surface area (Å²) in [6.45, 7) is 0.922. The summed E-state index contributed by atoms with van der Waals surface area (Å²) in [6, 6.07) is 14.3. The molecule has 0 saturated heterocycles. The second-order valence-electron chi connectivity index (χ2n) is 7.71. The number of aromatic nitrogens is 4. The zero-order valence-corrected chi connectivity index (χ0v) is 19.8. The summed E-state index contributed by atoms with van der Waals surface area (Å²) >= 11 is 8.63. The monoisotopic (exact) mass is 522 g/mol. The first-order chi connectivity index (χ1) is 16.1. The molecule has 1 aliphatic rings. The van der Waals surface area contributed by atoms with E-state index < -0.39 is 0 Å². The Morgan fingerprint density at radius 1 is 1.12 bits per heavy atom. The first-order valence-electron chi connectivity index (χ1n) is 10.4. The number of rotatable bonds is 6. The lowest BCUT2D eigenvalue weighted by Gasteiger charge is -2.11. The summed E-state index contributed by atoms with van der Waals surface area (Å²) in [6.07, 6.45) is 5.79. The molecule has 0 aliphatic heterocycles. The van der Waals surface area contributed by atoms with Crippen molar-refractivity contribution in [1.82, 2.24) is 24.8 Å². The maximum atomic E-state index is 12.4. The van der Waals surface area contributed by atoms with E-state index in [0.29, 0.717) is 38.8 Å². The molecule has 33 heavy (non-hydrogen) atoms. The summed E-state index contributed by atoms with van der Waals surface area (Å²) in [5, 5.41) is 5.87. The molecule has 4 aromatic rings. The number of anilines is 1. The Kier molecular flexibility index (Phi) is 6.01. The number of ether oxygens (including phenoxy) is 1. The molecule has 2 heterocycles. The van der Waals surface area contributed by atoms with Gasteiger partial charge in [0, 0.05) is 16.7 Å². The number of nitrogens with one attached hydrogen (secondary N) is 2. The van der Waals surface area contributed by atoms with E-state index >= 15 is 0 Å². The van der Waals surface area contributed by atoms with Crippen LogP contribution in [0, 0.1) is 5.92 Å². The molecule has 0 unspecified atom stereocenters. The third kappa shape index (κ3) is 5.01. The Hall–Kier alpha value is -3.37. The number of imidazole rings is 1. The fourth-order valence-corrected chi connectivity index (χ4v) is 4.02. The normalized spacial score (nSPS) is 13.0. The molecule has 1 fully saturated rings. The third-order valence-electron chi connectivity index (χ3n) is 5.19. The van der Waals surface area contributed by atoms with E-state index in [-0.39, 0.29) is 11.0 Å². The highest BCUT2D eigenvalue weighted by molar-refractivity contribution is 9.10. The van der Waals surface area contributed by atoms with Crippen LogP contribution >= 0.6 is 28.1 Å². The first kappa shape index (κ1) is 21.5. The summed E-state index contributed by atoms with van der Waals surface area (Å²) in [4.78, 5) is 25.5. The molecule has 2 aromatic carbocycles. The van der Waals surface area contributed by atoms with Crippen LogP contribution in [0.25, 0.3) is 11.2 Å². The van der Waals surface area contributed by atoms with Crippen molar-refractivity contribution in [2.45, 2.75) is 19.4 Å². The van der Waals surface area contributed by atoms with Gasteiger partial charge in [0.05, 0.1) is 11.9 Å². The molecule has 0 atom stereocenters. The van der Waals surface area contributed by atoms with Gasteiger partial charge in [0.2, 0.25) is 0 Å². The van der Waals surface area contributed by atoms with E-state index in [0.717, 1.165) is 12.2 Å². The molecule has 8 nitrogen and oxygen atoms in total. The second kappa shape index (κ2) is 9.24. The minimum Gasteiger partial charge on any atom is -0.437 e. The number of hydrogen-bond acceptors (Lipinski definition) is 6. The molecule has 1 aliphatic carbocycles. The Labute approximate surface area is 203 Å². The number of hydrogen-bond donors (Lipinski definition) is 2. The van der Waals surface area contributed by atoms with Gasteiger partial charge in [-0.25, -0.2) is 9.97 Å². The van der Waals surface area contributed by atoms with Gasteiger partial charge in [-0.05, 0) is 83.3 Å². The van der Waals surface area contributed by atoms with Crippen LogP contribution in [-0.4, -0.2) is 30.5 Å². The van der Waals surface area contributed by atoms with Crippen LogP contribution in [0.2, 0.25) is 0 Å². The van der Waals surface area contributed by atoms with E-state index in [2.05, 4.69) is 46.1 Å². The van der Waals surface area contributed by atoms with Crippen LogP contribution < -0.4 is 15.4 Å². The van der Waals surface area contributed by atoms with E-state index in [1.54, 1.807) is 48.8 Å². The van der Waals surface area contributed by atoms with Crippen molar-refractivity contribution in [3.63, 3.8) is 0 Å². The smallest absolute Gasteiger partial charge is 0.258 e. The van der Waals surface area contributed by atoms with Crippen LogP contribution in [0.5, 0.6) is 11.6 Å². The molecular weight excluding hydrogens is 504 g/mol. The lowest BCUT2D eigenvalue weighted by Crippen LogP contribution is -2.34. The molecule has 2 N–H and O–H groups in total. The van der Waals surface area contributed by atoms with Gasteiger partial charge >= 0.3 is 0 Å². The maximum Gasteiger partial charge on any atom is 0.258 e. The summed E-state index contributed by atoms with van der Waals surface area (Å²) in [5.41, 5.74) is 2.62. The minimum atomic E-state index is -0.297. The standard InChI is InChI=1S/C23H19BrN6O2S/c24-18-4-2-1-3-17(18)21(31)29-23(33)28-15-7-9-16(10-8-15)32-22-19-20(25-12-26-22)30(13-27-19)11-14-5-6-14/h1-4,7-10,12-14H,5-6,11H2,(H2,28,29,31,33). The lowest BCUT2D eigenvalue weighted by atomic mass is 10.2. The molecule has 0 bridgehead atoms. The molecule has 1 amide bonds. The van der Waals surface area contributed by atoms with Gasteiger partial charge in [-0.15, -0.1) is 0 Å². The summed E-state index contributed by atoms with van der Waals surface area (Å²) in [5.74, 6) is 1.42. The first-order valence-corrected chi connectivity index (χ1v) is 11.6. The van der Waals surface area contributed by atoms with Crippen molar-refractivity contribution in [2.75, 3.05) is 5.32 Å². The van der Waals surface area contributed by atoms with Crippen molar-refractivity contribution in [2.24, 2.45) is 5.92 Å². The minimum absolute atomic E-state index is 0.197. The van der Waals surface area contributed by atoms with Crippen LogP contribution in [0.3, 0.4) is 0 Å². The van der Waals surface area contributed by atoms with Crippen LogP contribution in [0.1, 0.15) is 23.2 Å². The van der Waals surface area contributed by atoms with Gasteiger partial charge in [0.1, 0.15) is 12.1 Å². The van der Waals surface area contributed by atoms with Crippen molar-refractivity contribution in [3.8, 4) is 11.6 Å². The van der Waals surface area contributed by atoms with Crippen LogP contribution in [0.15, 0.2) is 65.7 Å². The van der Waals surface area contributed by atoms with Crippen molar-refractivity contribution >= 4 is 56.0 Å². The van der Waals surface area contributed by atoms with E-state index in [9.17, 15) is 4.79 Å². The quantitative estimate of drug-likeness (QED) is 0.347. The Balaban J connectivity index is 1.23. The van der Waals surface area contributed by atoms with E-state index in [1.165, 1.54) is 19.2 Å². The fourth-order valence-electron chi connectivity index (χ4n) is 3.34. The van der Waals surface area contributed by atoms with Gasteiger partial charge in [0.25, 0.3) is 11.8 Å². The molecular formula is C23H19BrN6O2S. The van der Waals surface area contributed by atoms with E-state index in [4.69, 9.17) is 17.0 Å². The number of halogens is 1. The maximum absolute atomic E-state index is 12.4. The zero-order chi connectivity index (χ0) is 22.8. The van der Waals surface area contributed by atoms with Gasteiger partial charge in [-0.3, -0.25) is 10.1 Å². The van der Waals surface area contributed by atoms with Gasteiger partial charge < -0.3 is 14.6 Å². The topological polar surface area (TPSA) is 94.0 Å². The predicted octanol–water partition coefficient (Wildman–Crippen LogP) is 4.92. The van der Waals surface area contributed by atoms with Crippen molar-refractivity contribution in [3.05, 3.63) is 71.2 Å². The molecule has 0 radical (unpaired) electrons. The average Bonchev–Trinajstić information content (AvgIpc) is 3.53. The van der Waals surface area contributed by atoms with Gasteiger partial charge in [-0.2, -0.15) is 4.98 Å². The molecule has 2 aromatic heterocycles. The summed E-state index contributed by atoms with van der Waals surface area (Å²) < 4.78 is 8.71. The number of thiocarbonyl (C=S) groups is 1. The average molecular weight is 523 g/mol. The highest BCUT2D eigenvalue weighted by Crippen LogP contribution is 2.32. The number of benzene rings is 2. The van der Waals surface area contributed by atoms with E-state index in [1.807, 2.05) is 6.07 Å². The van der Waals surface area contributed by atoms with Crippen molar-refractivity contribution < 1.29 is 9.53 Å². The molecule has 0 spiro atoms. The second-order valence-corrected chi connectivity index (χ2v) is 8.97. The Morgan fingerprint density at radius 2 is 1.91 bits per heavy atom. The SMILES string of the molecule is O=C(NC(=S)Nc1ccc(Oc2ncnc3c2ncn3CC2CC2)cc1)c1ccccc1Br. The number of fused-ring (bicyclic) bond motifs is 1. The predicted molar refractivity (Wildman–Crippen MR) is 132 cm³/mol. The summed E-state index contributed by atoms with van der Waals surface area (Å²) in [7, 11) is 0. The third-order valence-corrected chi connectivity index (χ3v) is 6.09. The number of carbonyl (C=O) groups is 1. The van der Waals surface area contributed by atoms with Gasteiger partial charge in [0.15, 0.2) is 16.3 Å². The fraction of sp³-hybridized carbons (Fsp3) is 0.174. The Bertz CT molecular complexity index is 1340. The lowest BCUT2D eigenvalue weighted by molar-refractivity contribution is 0.0977. The van der Waals surface area contributed by atoms with Crippen LogP contribution in [-0.2, 0) is 6.54 Å². The molecule has 10 heteroatoms. The van der Waals surface area contributed by atoms with Crippen LogP contribution in [0.4, 0.5) is 5.69 Å². The molecule has 5 rings (SSSR count). The van der Waals surface area contributed by atoms with Crippen molar-refractivity contribution in [1.29, 1.82) is 0 Å². The Morgan fingerprint density at radius 3 is 2.67 bits per heavy atom. The number of amides is 1. The molecule has 1 saturated carbocycles. The number of nitrogens with zero attached hydrogens (tertiary/aromatic N) is 4. The zero-order valence-electron chi connectivity index (χ0n) is 17.4.